The van der Waals surface area contributed by atoms with Gasteiger partial charge in [-0.25, -0.2) is 4.79 Å². The van der Waals surface area contributed by atoms with Crippen molar-refractivity contribution in [2.45, 2.75) is 0 Å². The lowest BCUT2D eigenvalue weighted by atomic mass is 10.8. The molecule has 10 heavy (non-hydrogen) atoms. The number of thiol groups is 1. The van der Waals surface area contributed by atoms with Gasteiger partial charge in [0, 0.05) is 12.8 Å². The maximum atomic E-state index is 10.5. The molecule has 0 radical (unpaired) electrons. The maximum Gasteiger partial charge on any atom is 0.432 e. The van der Waals surface area contributed by atoms with E-state index in [-0.39, 0.29) is 6.61 Å². The van der Waals surface area contributed by atoms with Crippen LogP contribution in [-0.2, 0) is 4.74 Å². The molecule has 0 aromatic rings. The maximum absolute atomic E-state index is 10.5. The molecule has 0 N–H and O–H groups in total. The fraction of sp³-hybridized carbons (Fsp3) is 0.750. The second-order valence-electron chi connectivity index (χ2n) is 1.44. The van der Waals surface area contributed by atoms with E-state index in [1.165, 1.54) is 7.05 Å². The van der Waals surface area contributed by atoms with Crippen molar-refractivity contribution < 1.29 is 9.53 Å². The number of rotatable bonds is 3. The highest BCUT2D eigenvalue weighted by Gasteiger charge is 2.07. The third-order valence-corrected chi connectivity index (χ3v) is 0.886. The molecule has 0 unspecified atom stereocenters. The zero-order valence-corrected chi connectivity index (χ0v) is 6.38. The number of nitrogens with zero attached hydrogens (tertiary/aromatic N) is 2. The predicted octanol–water partition coefficient (Wildman–Crippen LogP) is 0.666. The highest BCUT2D eigenvalue weighted by molar-refractivity contribution is 7.80. The van der Waals surface area contributed by atoms with Crippen molar-refractivity contribution in [1.82, 2.24) is 5.01 Å². The summed E-state index contributed by atoms with van der Waals surface area (Å²) in [6.45, 7) is 0.182. The van der Waals surface area contributed by atoms with E-state index < -0.39 is 6.09 Å². The molecule has 0 rings (SSSR count). The molecule has 0 fully saturated rings. The van der Waals surface area contributed by atoms with Crippen molar-refractivity contribution in [3.63, 3.8) is 0 Å². The molecule has 0 spiro atoms. The van der Waals surface area contributed by atoms with Crippen LogP contribution in [0.1, 0.15) is 0 Å². The summed E-state index contributed by atoms with van der Waals surface area (Å²) < 4.78 is 4.46. The summed E-state index contributed by atoms with van der Waals surface area (Å²) in [5, 5.41) is 2.90. The van der Waals surface area contributed by atoms with E-state index in [4.69, 9.17) is 0 Å². The van der Waals surface area contributed by atoms with Crippen molar-refractivity contribution in [2.75, 3.05) is 19.4 Å². The number of nitroso groups, excluding NO2 is 1. The second-order valence-corrected chi connectivity index (χ2v) is 1.89. The minimum absolute atomic E-state index is 0.182. The topological polar surface area (TPSA) is 59.0 Å². The molecule has 0 aliphatic carbocycles. The second kappa shape index (κ2) is 5.04. The van der Waals surface area contributed by atoms with Gasteiger partial charge in [0.15, 0.2) is 0 Å². The summed E-state index contributed by atoms with van der Waals surface area (Å²) in [7, 11) is 1.22. The Hall–Kier alpha value is -0.780. The normalized spacial score (nSPS) is 8.60. The van der Waals surface area contributed by atoms with Crippen LogP contribution in [0, 0.1) is 4.91 Å². The van der Waals surface area contributed by atoms with Crippen LogP contribution in [-0.4, -0.2) is 30.5 Å². The largest absolute Gasteiger partial charge is 0.447 e. The van der Waals surface area contributed by atoms with Crippen LogP contribution in [0.2, 0.25) is 0 Å². The molecule has 0 saturated carbocycles. The van der Waals surface area contributed by atoms with Crippen LogP contribution >= 0.6 is 12.6 Å². The Morgan fingerprint density at radius 3 is 2.80 bits per heavy atom. The first-order valence-corrected chi connectivity index (χ1v) is 3.20. The van der Waals surface area contributed by atoms with E-state index in [0.717, 1.165) is 0 Å². The van der Waals surface area contributed by atoms with Gasteiger partial charge in [0.2, 0.25) is 0 Å². The molecular formula is C4H8N2O3S. The average Bonchev–Trinajstić information content (AvgIpc) is 1.98. The van der Waals surface area contributed by atoms with Gasteiger partial charge in [-0.2, -0.15) is 17.6 Å². The highest BCUT2D eigenvalue weighted by Crippen LogP contribution is 1.89. The Morgan fingerprint density at radius 1 is 1.80 bits per heavy atom. The third-order valence-electron chi connectivity index (χ3n) is 0.704. The van der Waals surface area contributed by atoms with Crippen LogP contribution in [0.4, 0.5) is 4.79 Å². The molecule has 0 atom stereocenters. The molecule has 58 valence electrons. The van der Waals surface area contributed by atoms with Crippen molar-refractivity contribution in [3.8, 4) is 0 Å². The Bertz CT molecular complexity index is 130. The van der Waals surface area contributed by atoms with Crippen molar-refractivity contribution in [1.29, 1.82) is 0 Å². The molecule has 0 aromatic heterocycles. The fourth-order valence-corrected chi connectivity index (χ4v) is 0.351. The van der Waals surface area contributed by atoms with E-state index >= 15 is 0 Å². The zero-order chi connectivity index (χ0) is 7.98. The van der Waals surface area contributed by atoms with Crippen molar-refractivity contribution in [3.05, 3.63) is 4.91 Å². The van der Waals surface area contributed by atoms with Crippen molar-refractivity contribution in [2.24, 2.45) is 5.29 Å². The SMILES string of the molecule is CN(N=O)C(=O)OCCS. The molecule has 0 aliphatic heterocycles. The van der Waals surface area contributed by atoms with Gasteiger partial charge in [-0.05, 0) is 0 Å². The zero-order valence-electron chi connectivity index (χ0n) is 5.48. The Morgan fingerprint density at radius 2 is 2.40 bits per heavy atom. The first kappa shape index (κ1) is 9.22. The Balaban J connectivity index is 3.51. The smallest absolute Gasteiger partial charge is 0.432 e. The highest BCUT2D eigenvalue weighted by atomic mass is 32.1. The number of carbonyl (C=O) groups is 1. The first-order valence-electron chi connectivity index (χ1n) is 2.57. The minimum Gasteiger partial charge on any atom is -0.447 e. The molecule has 6 heteroatoms. The molecule has 5 nitrogen and oxygen atoms in total. The van der Waals surface area contributed by atoms with Gasteiger partial charge in [0.25, 0.3) is 0 Å². The van der Waals surface area contributed by atoms with Gasteiger partial charge in [-0.15, -0.1) is 4.91 Å². The lowest BCUT2D eigenvalue weighted by Gasteiger charge is -2.05. The summed E-state index contributed by atoms with van der Waals surface area (Å²) in [5.74, 6) is 0.429. The first-order chi connectivity index (χ1) is 4.72. The van der Waals surface area contributed by atoms with E-state index in [1.54, 1.807) is 0 Å². The quantitative estimate of drug-likeness (QED) is 0.379. The summed E-state index contributed by atoms with van der Waals surface area (Å²) in [6, 6.07) is 0. The number of amides is 1. The molecular weight excluding hydrogens is 156 g/mol. The van der Waals surface area contributed by atoms with E-state index in [2.05, 4.69) is 22.7 Å². The number of hydrogen-bond acceptors (Lipinski definition) is 5. The van der Waals surface area contributed by atoms with Gasteiger partial charge in [-0.1, -0.05) is 0 Å². The number of ether oxygens (including phenoxy) is 1. The molecule has 0 heterocycles. The van der Waals surface area contributed by atoms with Gasteiger partial charge < -0.3 is 4.74 Å². The molecule has 0 bridgehead atoms. The molecule has 0 aromatic carbocycles. The van der Waals surface area contributed by atoms with Crippen LogP contribution in [0.5, 0.6) is 0 Å². The Kier molecular flexibility index (Phi) is 4.65. The monoisotopic (exact) mass is 164 g/mol. The standard InChI is InChI=1S/C4H8N2O3S/c1-6(5-8)4(7)9-2-3-10/h10H,2-3H2,1H3. The predicted molar refractivity (Wildman–Crippen MR) is 38.8 cm³/mol. The third kappa shape index (κ3) is 3.29. The van der Waals surface area contributed by atoms with Crippen LogP contribution < -0.4 is 0 Å². The average molecular weight is 164 g/mol. The Labute approximate surface area is 63.7 Å². The molecule has 0 aliphatic rings. The van der Waals surface area contributed by atoms with E-state index in [0.29, 0.717) is 10.8 Å². The fourth-order valence-electron chi connectivity index (χ4n) is 0.260. The van der Waals surface area contributed by atoms with Gasteiger partial charge in [0.1, 0.15) is 6.61 Å². The van der Waals surface area contributed by atoms with Crippen LogP contribution in [0.15, 0.2) is 5.29 Å². The summed E-state index contributed by atoms with van der Waals surface area (Å²) >= 11 is 3.79. The minimum atomic E-state index is -0.760. The van der Waals surface area contributed by atoms with Gasteiger partial charge in [-0.3, -0.25) is 0 Å². The number of carbonyl (C=O) groups excluding carboxylic acids is 1. The summed E-state index contributed by atoms with van der Waals surface area (Å²) in [4.78, 5) is 20.2. The lowest BCUT2D eigenvalue weighted by molar-refractivity contribution is 0.118. The molecule has 1 amide bonds. The summed E-state index contributed by atoms with van der Waals surface area (Å²) in [5.41, 5.74) is 0. The van der Waals surface area contributed by atoms with Crippen LogP contribution in [0.25, 0.3) is 0 Å². The number of hydrogen-bond donors (Lipinski definition) is 1. The van der Waals surface area contributed by atoms with E-state index in [1.807, 2.05) is 0 Å². The van der Waals surface area contributed by atoms with Gasteiger partial charge >= 0.3 is 6.09 Å². The van der Waals surface area contributed by atoms with Crippen molar-refractivity contribution >= 4 is 18.7 Å². The van der Waals surface area contributed by atoms with Gasteiger partial charge in [0.05, 0.1) is 5.29 Å². The van der Waals surface area contributed by atoms with E-state index in [9.17, 15) is 9.70 Å². The van der Waals surface area contributed by atoms with Crippen LogP contribution in [0.3, 0.4) is 0 Å². The molecule has 0 saturated heterocycles. The lowest BCUT2D eigenvalue weighted by Crippen LogP contribution is -2.22. The summed E-state index contributed by atoms with van der Waals surface area (Å²) in [6.07, 6.45) is -0.760.